The van der Waals surface area contributed by atoms with Crippen molar-refractivity contribution in [1.29, 1.82) is 0 Å². The van der Waals surface area contributed by atoms with Gasteiger partial charge in [-0.25, -0.2) is 9.59 Å². The number of aliphatic carboxylic acids is 2. The summed E-state index contributed by atoms with van der Waals surface area (Å²) in [6, 6.07) is 10.2. The second-order valence-electron chi connectivity index (χ2n) is 8.55. The van der Waals surface area contributed by atoms with E-state index in [-0.39, 0.29) is 18.7 Å². The van der Waals surface area contributed by atoms with Gasteiger partial charge in [-0.2, -0.15) is 0 Å². The van der Waals surface area contributed by atoms with E-state index in [1.54, 1.807) is 0 Å². The summed E-state index contributed by atoms with van der Waals surface area (Å²) in [5.41, 5.74) is 0.809. The van der Waals surface area contributed by atoms with Gasteiger partial charge in [0.1, 0.15) is 36.3 Å². The molecular formula is C23H30NO8+. The quantitative estimate of drug-likeness (QED) is 0.245. The van der Waals surface area contributed by atoms with Crippen LogP contribution in [0.2, 0.25) is 0 Å². The molecule has 0 aliphatic carbocycles. The summed E-state index contributed by atoms with van der Waals surface area (Å²) in [5, 5.41) is 25.3. The Kier molecular flexibility index (Phi) is 7.33. The summed E-state index contributed by atoms with van der Waals surface area (Å²) in [6.07, 6.45) is 3.49. The molecule has 0 saturated carbocycles. The maximum absolute atomic E-state index is 12.6. The molecule has 3 saturated heterocycles. The molecule has 32 heavy (non-hydrogen) atoms. The number of hydrogen-bond donors (Lipinski definition) is 3. The molecular weight excluding hydrogens is 418 g/mol. The molecule has 0 spiro atoms. The van der Waals surface area contributed by atoms with E-state index in [2.05, 4.69) is 14.0 Å². The van der Waals surface area contributed by atoms with Crippen LogP contribution in [0.25, 0.3) is 0 Å². The van der Waals surface area contributed by atoms with Gasteiger partial charge >= 0.3 is 17.9 Å². The highest BCUT2D eigenvalue weighted by Gasteiger charge is 2.71. The number of rotatable bonds is 7. The van der Waals surface area contributed by atoms with Crippen molar-refractivity contribution in [3.05, 3.63) is 48.0 Å². The zero-order chi connectivity index (χ0) is 23.5. The van der Waals surface area contributed by atoms with E-state index >= 15 is 0 Å². The second kappa shape index (κ2) is 9.81. The Labute approximate surface area is 186 Å². The molecule has 0 amide bonds. The zero-order valence-corrected chi connectivity index (χ0v) is 18.2. The van der Waals surface area contributed by atoms with Crippen molar-refractivity contribution in [2.45, 2.75) is 56.1 Å². The third-order valence-corrected chi connectivity index (χ3v) is 6.85. The lowest BCUT2D eigenvalue weighted by Gasteiger charge is -2.47. The van der Waals surface area contributed by atoms with Crippen LogP contribution in [-0.4, -0.2) is 88.3 Å². The number of epoxide rings is 1. The van der Waals surface area contributed by atoms with Gasteiger partial charge < -0.3 is 29.3 Å². The van der Waals surface area contributed by atoms with Crippen molar-refractivity contribution in [2.75, 3.05) is 20.2 Å². The lowest BCUT2D eigenvalue weighted by atomic mass is 9.95. The smallest absolute Gasteiger partial charge is 0.328 e. The van der Waals surface area contributed by atoms with Crippen LogP contribution in [0.5, 0.6) is 0 Å². The minimum atomic E-state index is -1.26. The first-order chi connectivity index (χ1) is 15.2. The highest BCUT2D eigenvalue weighted by atomic mass is 16.6. The van der Waals surface area contributed by atoms with Crippen LogP contribution >= 0.6 is 0 Å². The average molecular weight is 448 g/mol. The molecule has 174 valence electrons. The van der Waals surface area contributed by atoms with Crippen molar-refractivity contribution >= 4 is 17.9 Å². The number of esters is 1. The SMILES string of the molecule is CC[N+]1(C)[C@H]2CC(OC(=O)C(CO)c3ccccc3)C[C@H]1[C@H]1O[C@H]12.O=C(O)/C=C/C(=O)O. The summed E-state index contributed by atoms with van der Waals surface area (Å²) in [5.74, 6) is -3.42. The van der Waals surface area contributed by atoms with Gasteiger partial charge in [0.25, 0.3) is 0 Å². The second-order valence-corrected chi connectivity index (χ2v) is 8.55. The molecule has 3 aliphatic rings. The molecule has 1 aromatic carbocycles. The number of carboxylic acid groups (broad SMARTS) is 2. The maximum Gasteiger partial charge on any atom is 0.328 e. The number of aliphatic hydroxyl groups is 1. The lowest BCUT2D eigenvalue weighted by molar-refractivity contribution is -0.954. The van der Waals surface area contributed by atoms with Crippen molar-refractivity contribution in [2.24, 2.45) is 0 Å². The number of aliphatic hydroxyl groups excluding tert-OH is 1. The summed E-state index contributed by atoms with van der Waals surface area (Å²) < 4.78 is 12.7. The number of carbonyl (C=O) groups excluding carboxylic acids is 1. The number of nitrogens with zero attached hydrogens (tertiary/aromatic N) is 1. The third kappa shape index (κ3) is 5.01. The van der Waals surface area contributed by atoms with Crippen LogP contribution in [0.1, 0.15) is 31.2 Å². The number of carbonyl (C=O) groups is 3. The Morgan fingerprint density at radius 2 is 1.62 bits per heavy atom. The number of fused-ring (bicyclic) bond motifs is 5. The van der Waals surface area contributed by atoms with Crippen LogP contribution in [0.15, 0.2) is 42.5 Å². The van der Waals surface area contributed by atoms with Gasteiger partial charge in [-0.3, -0.25) is 4.79 Å². The van der Waals surface area contributed by atoms with Gasteiger partial charge in [0.15, 0.2) is 0 Å². The molecule has 7 atom stereocenters. The number of ether oxygens (including phenoxy) is 2. The Morgan fingerprint density at radius 3 is 2.06 bits per heavy atom. The Morgan fingerprint density at radius 1 is 1.09 bits per heavy atom. The van der Waals surface area contributed by atoms with Crippen molar-refractivity contribution < 1.29 is 43.7 Å². The fourth-order valence-electron chi connectivity index (χ4n) is 5.01. The number of piperidine rings is 1. The van der Waals surface area contributed by atoms with Crippen LogP contribution in [-0.2, 0) is 23.9 Å². The molecule has 9 heteroatoms. The molecule has 3 unspecified atom stereocenters. The molecule has 1 aromatic rings. The molecule has 2 bridgehead atoms. The van der Waals surface area contributed by atoms with Crippen molar-refractivity contribution in [3.63, 3.8) is 0 Å². The molecule has 3 N–H and O–H groups in total. The highest BCUT2D eigenvalue weighted by molar-refractivity contribution is 5.89. The van der Waals surface area contributed by atoms with E-state index in [1.165, 1.54) is 0 Å². The Bertz CT molecular complexity index is 836. The first-order valence-electron chi connectivity index (χ1n) is 10.7. The summed E-state index contributed by atoms with van der Waals surface area (Å²) in [6.45, 7) is 3.10. The highest BCUT2D eigenvalue weighted by Crippen LogP contribution is 2.52. The molecule has 0 aromatic heterocycles. The molecule has 4 rings (SSSR count). The van der Waals surface area contributed by atoms with E-state index in [9.17, 15) is 19.5 Å². The van der Waals surface area contributed by atoms with E-state index in [1.807, 2.05) is 30.3 Å². The third-order valence-electron chi connectivity index (χ3n) is 6.85. The number of benzene rings is 1. The Hall–Kier alpha value is -2.75. The standard InChI is InChI=1S/C19H26NO4.C4H4O4/c1-3-20(2)15-9-13(10-16(20)18-17(15)24-18)23-19(22)14(11-21)12-7-5-4-6-8-12;5-3(6)1-2-4(7)8/h4-8,13-18,21H,3,9-11H2,1-2H3;1-2H,(H,5,6)(H,7,8)/q+1;/b;2-1+/t13?,14?,15-,16-,17-,18+,20?;/m0./s1. The fraction of sp³-hybridized carbons (Fsp3) is 0.522. The predicted molar refractivity (Wildman–Crippen MR) is 113 cm³/mol. The molecule has 9 nitrogen and oxygen atoms in total. The predicted octanol–water partition coefficient (Wildman–Crippen LogP) is 1.16. The first kappa shape index (κ1) is 23.9. The van der Waals surface area contributed by atoms with Crippen LogP contribution in [0.3, 0.4) is 0 Å². The fourth-order valence-corrected chi connectivity index (χ4v) is 5.01. The number of carboxylic acids is 2. The summed E-state index contributed by atoms with van der Waals surface area (Å²) in [4.78, 5) is 31.7. The average Bonchev–Trinajstić information content (AvgIpc) is 3.53. The minimum Gasteiger partial charge on any atom is -0.478 e. The zero-order valence-electron chi connectivity index (χ0n) is 18.2. The monoisotopic (exact) mass is 448 g/mol. The number of hydrogen-bond acceptors (Lipinski definition) is 6. The van der Waals surface area contributed by atoms with E-state index in [4.69, 9.17) is 19.7 Å². The largest absolute Gasteiger partial charge is 0.478 e. The van der Waals surface area contributed by atoms with Gasteiger partial charge in [-0.15, -0.1) is 0 Å². The topological polar surface area (TPSA) is 134 Å². The minimum absolute atomic E-state index is 0.0561. The number of likely N-dealkylation sites (N-methyl/N-ethyl adjacent to an activating group) is 1. The number of quaternary nitrogens is 1. The normalized spacial score (nSPS) is 32.9. The summed E-state index contributed by atoms with van der Waals surface area (Å²) >= 11 is 0. The van der Waals surface area contributed by atoms with E-state index in [0.29, 0.717) is 36.4 Å². The van der Waals surface area contributed by atoms with Crippen molar-refractivity contribution in [1.82, 2.24) is 0 Å². The van der Waals surface area contributed by atoms with Gasteiger partial charge in [-0.05, 0) is 12.5 Å². The van der Waals surface area contributed by atoms with Crippen LogP contribution in [0.4, 0.5) is 0 Å². The van der Waals surface area contributed by atoms with Crippen LogP contribution in [0, 0.1) is 0 Å². The van der Waals surface area contributed by atoms with Gasteiger partial charge in [0.2, 0.25) is 0 Å². The maximum atomic E-state index is 12.6. The number of morpholine rings is 1. The van der Waals surface area contributed by atoms with Gasteiger partial charge in [0, 0.05) is 25.0 Å². The van der Waals surface area contributed by atoms with Crippen molar-refractivity contribution in [3.8, 4) is 0 Å². The van der Waals surface area contributed by atoms with Gasteiger partial charge in [0.05, 0.1) is 20.2 Å². The van der Waals surface area contributed by atoms with E-state index in [0.717, 1.165) is 29.4 Å². The summed E-state index contributed by atoms with van der Waals surface area (Å²) in [7, 11) is 2.31. The first-order valence-corrected chi connectivity index (χ1v) is 10.7. The molecule has 0 radical (unpaired) electrons. The lowest BCUT2D eigenvalue weighted by Crippen LogP contribution is -2.62. The van der Waals surface area contributed by atoms with Gasteiger partial charge in [-0.1, -0.05) is 30.3 Å². The molecule has 3 fully saturated rings. The Balaban J connectivity index is 0.000000312. The van der Waals surface area contributed by atoms with E-state index < -0.39 is 17.9 Å². The molecule has 3 heterocycles. The van der Waals surface area contributed by atoms with Crippen LogP contribution < -0.4 is 0 Å². The molecule has 3 aliphatic heterocycles.